The molecule has 1 aromatic rings. The monoisotopic (exact) mass is 236 g/mol. The van der Waals surface area contributed by atoms with Crippen molar-refractivity contribution in [1.82, 2.24) is 9.97 Å². The summed E-state index contributed by atoms with van der Waals surface area (Å²) in [7, 11) is 1.26. The fourth-order valence-electron chi connectivity index (χ4n) is 0.619. The highest BCUT2D eigenvalue weighted by Gasteiger charge is 2.09. The Kier molecular flexibility index (Phi) is 4.09. The molecule has 0 atom stereocenters. The van der Waals surface area contributed by atoms with E-state index in [0.717, 1.165) is 18.0 Å². The molecule has 1 aromatic heterocycles. The van der Waals surface area contributed by atoms with Crippen LogP contribution in [0.3, 0.4) is 0 Å². The normalized spacial score (nSPS) is 9.93. The van der Waals surface area contributed by atoms with Crippen molar-refractivity contribution >= 4 is 29.3 Å². The zero-order valence-corrected chi connectivity index (χ0v) is 8.73. The maximum Gasteiger partial charge on any atom is 0.316 e. The van der Waals surface area contributed by atoms with Crippen LogP contribution in [0.15, 0.2) is 11.2 Å². The van der Waals surface area contributed by atoms with Crippen LogP contribution in [0.1, 0.15) is 0 Å². The molecule has 0 fully saturated rings. The molecule has 76 valence electrons. The number of carbonyl (C=O) groups excluding carboxylic acids is 1. The predicted molar refractivity (Wildman–Crippen MR) is 49.7 cm³/mol. The van der Waals surface area contributed by atoms with E-state index in [1.165, 1.54) is 7.11 Å². The molecule has 4 nitrogen and oxygen atoms in total. The van der Waals surface area contributed by atoms with E-state index in [9.17, 15) is 9.18 Å². The minimum Gasteiger partial charge on any atom is -0.468 e. The Morgan fingerprint density at radius 2 is 2.50 bits per heavy atom. The Morgan fingerprint density at radius 1 is 1.79 bits per heavy atom. The third-order valence-corrected chi connectivity index (χ3v) is 2.36. The lowest BCUT2D eigenvalue weighted by molar-refractivity contribution is -0.137. The molecule has 0 saturated carbocycles. The number of thioether (sulfide) groups is 1. The summed E-state index contributed by atoms with van der Waals surface area (Å²) >= 11 is 6.36. The fourth-order valence-corrected chi connectivity index (χ4v) is 1.52. The first-order chi connectivity index (χ1) is 6.63. The van der Waals surface area contributed by atoms with Crippen molar-refractivity contribution < 1.29 is 13.9 Å². The standard InChI is InChI=1S/C7H6ClFN2O2S/c1-13-5(12)3-14-6-4(9)2-10-7(8)11-6/h2H,3H2,1H3. The summed E-state index contributed by atoms with van der Waals surface area (Å²) in [4.78, 5) is 17.8. The molecular weight excluding hydrogens is 231 g/mol. The molecule has 0 saturated heterocycles. The van der Waals surface area contributed by atoms with Gasteiger partial charge in [-0.3, -0.25) is 4.79 Å². The maximum atomic E-state index is 13.0. The minimum absolute atomic E-state index is 0.0131. The number of methoxy groups -OCH3 is 1. The molecule has 0 N–H and O–H groups in total. The van der Waals surface area contributed by atoms with E-state index in [2.05, 4.69) is 14.7 Å². The molecule has 0 aliphatic rings. The van der Waals surface area contributed by atoms with E-state index in [1.54, 1.807) is 0 Å². The Hall–Kier alpha value is -0.880. The molecule has 0 bridgehead atoms. The molecule has 7 heteroatoms. The summed E-state index contributed by atoms with van der Waals surface area (Å²) in [5, 5.41) is -0.0193. The van der Waals surface area contributed by atoms with Gasteiger partial charge < -0.3 is 4.74 Å². The van der Waals surface area contributed by atoms with Crippen molar-refractivity contribution in [1.29, 1.82) is 0 Å². The lowest BCUT2D eigenvalue weighted by Crippen LogP contribution is -2.04. The molecule has 0 aliphatic carbocycles. The smallest absolute Gasteiger partial charge is 0.316 e. The molecule has 0 aromatic carbocycles. The highest BCUT2D eigenvalue weighted by atomic mass is 35.5. The van der Waals surface area contributed by atoms with Crippen LogP contribution in [0.2, 0.25) is 5.28 Å². The first-order valence-corrected chi connectivity index (χ1v) is 4.87. The van der Waals surface area contributed by atoms with Gasteiger partial charge in [-0.15, -0.1) is 0 Å². The Balaban J connectivity index is 2.66. The van der Waals surface area contributed by atoms with Gasteiger partial charge in [0.05, 0.1) is 19.1 Å². The molecule has 0 radical (unpaired) electrons. The number of rotatable bonds is 3. The summed E-state index contributed by atoms with van der Waals surface area (Å²) in [6.45, 7) is 0. The average Bonchev–Trinajstić information content (AvgIpc) is 2.19. The number of nitrogens with zero attached hydrogens (tertiary/aromatic N) is 2. The summed E-state index contributed by atoms with van der Waals surface area (Å²) in [5.41, 5.74) is 0. The van der Waals surface area contributed by atoms with E-state index in [0.29, 0.717) is 0 Å². The SMILES string of the molecule is COC(=O)CSc1nc(Cl)ncc1F. The predicted octanol–water partition coefficient (Wildman–Crippen LogP) is 1.53. The minimum atomic E-state index is -0.608. The van der Waals surface area contributed by atoms with Crippen molar-refractivity contribution in [2.45, 2.75) is 5.03 Å². The summed E-state index contributed by atoms with van der Waals surface area (Å²) in [5.74, 6) is -1.08. The van der Waals surface area contributed by atoms with Crippen LogP contribution >= 0.6 is 23.4 Å². The van der Waals surface area contributed by atoms with Crippen LogP contribution in [0.4, 0.5) is 4.39 Å². The highest BCUT2D eigenvalue weighted by Crippen LogP contribution is 2.19. The Bertz CT molecular complexity index is 350. The van der Waals surface area contributed by atoms with E-state index in [-0.39, 0.29) is 16.1 Å². The zero-order chi connectivity index (χ0) is 10.6. The number of carbonyl (C=O) groups is 1. The lowest BCUT2D eigenvalue weighted by Gasteiger charge is -2.00. The number of hydrogen-bond acceptors (Lipinski definition) is 5. The van der Waals surface area contributed by atoms with Gasteiger partial charge in [0.25, 0.3) is 0 Å². The zero-order valence-electron chi connectivity index (χ0n) is 7.16. The van der Waals surface area contributed by atoms with E-state index < -0.39 is 11.8 Å². The van der Waals surface area contributed by atoms with Gasteiger partial charge in [0.2, 0.25) is 5.28 Å². The number of ether oxygens (including phenoxy) is 1. The fraction of sp³-hybridized carbons (Fsp3) is 0.286. The average molecular weight is 237 g/mol. The summed E-state index contributed by atoms with van der Waals surface area (Å²) < 4.78 is 17.4. The maximum absolute atomic E-state index is 13.0. The van der Waals surface area contributed by atoms with Crippen LogP contribution in [-0.4, -0.2) is 28.8 Å². The second kappa shape index (κ2) is 5.11. The second-order valence-electron chi connectivity index (χ2n) is 2.16. The van der Waals surface area contributed by atoms with Crippen LogP contribution in [0.5, 0.6) is 0 Å². The van der Waals surface area contributed by atoms with Crippen molar-refractivity contribution in [3.63, 3.8) is 0 Å². The molecular formula is C7H6ClFN2O2S. The Labute approximate surface area is 88.8 Å². The highest BCUT2D eigenvalue weighted by molar-refractivity contribution is 7.99. The summed E-state index contributed by atoms with van der Waals surface area (Å²) in [6.07, 6.45) is 0.953. The van der Waals surface area contributed by atoms with Crippen molar-refractivity contribution in [2.24, 2.45) is 0 Å². The van der Waals surface area contributed by atoms with E-state index in [4.69, 9.17) is 11.6 Å². The third-order valence-electron chi connectivity index (χ3n) is 1.24. The Morgan fingerprint density at radius 3 is 3.14 bits per heavy atom. The van der Waals surface area contributed by atoms with Gasteiger partial charge in [-0.1, -0.05) is 11.8 Å². The molecule has 1 heterocycles. The number of aromatic nitrogens is 2. The van der Waals surface area contributed by atoms with E-state index in [1.807, 2.05) is 0 Å². The number of halogens is 2. The van der Waals surface area contributed by atoms with Crippen molar-refractivity contribution in [3.8, 4) is 0 Å². The van der Waals surface area contributed by atoms with Crippen LogP contribution in [0, 0.1) is 5.82 Å². The van der Waals surface area contributed by atoms with Crippen molar-refractivity contribution in [2.75, 3.05) is 12.9 Å². The molecule has 0 spiro atoms. The van der Waals surface area contributed by atoms with Crippen molar-refractivity contribution in [3.05, 3.63) is 17.3 Å². The van der Waals surface area contributed by atoms with Crippen LogP contribution in [0.25, 0.3) is 0 Å². The molecule has 0 aliphatic heterocycles. The summed E-state index contributed by atoms with van der Waals surface area (Å²) in [6, 6.07) is 0. The van der Waals surface area contributed by atoms with Gasteiger partial charge in [0.15, 0.2) is 5.82 Å². The van der Waals surface area contributed by atoms with Gasteiger partial charge >= 0.3 is 5.97 Å². The second-order valence-corrected chi connectivity index (χ2v) is 3.46. The van der Waals surface area contributed by atoms with Gasteiger partial charge in [0.1, 0.15) is 5.03 Å². The largest absolute Gasteiger partial charge is 0.468 e. The third kappa shape index (κ3) is 3.12. The first kappa shape index (κ1) is 11.2. The van der Waals surface area contributed by atoms with E-state index >= 15 is 0 Å². The lowest BCUT2D eigenvalue weighted by atomic mass is 10.6. The van der Waals surface area contributed by atoms with Gasteiger partial charge in [-0.05, 0) is 11.6 Å². The van der Waals surface area contributed by atoms with Gasteiger partial charge in [0, 0.05) is 0 Å². The number of hydrogen-bond donors (Lipinski definition) is 0. The van der Waals surface area contributed by atoms with Gasteiger partial charge in [-0.25, -0.2) is 14.4 Å². The molecule has 0 amide bonds. The topological polar surface area (TPSA) is 52.1 Å². The first-order valence-electron chi connectivity index (χ1n) is 3.51. The van der Waals surface area contributed by atoms with Gasteiger partial charge in [-0.2, -0.15) is 0 Å². The molecule has 1 rings (SSSR count). The van der Waals surface area contributed by atoms with Crippen LogP contribution in [-0.2, 0) is 9.53 Å². The number of esters is 1. The molecule has 0 unspecified atom stereocenters. The van der Waals surface area contributed by atoms with Crippen LogP contribution < -0.4 is 0 Å². The molecule has 14 heavy (non-hydrogen) atoms. The quantitative estimate of drug-likeness (QED) is 0.345.